The van der Waals surface area contributed by atoms with Gasteiger partial charge in [0.1, 0.15) is 5.82 Å². The number of hydrogen-bond acceptors (Lipinski definition) is 2. The average Bonchev–Trinajstić information content (AvgIpc) is 1.83. The van der Waals surface area contributed by atoms with Crippen LogP contribution in [0.4, 0.5) is 0 Å². The first-order valence-corrected chi connectivity index (χ1v) is 3.89. The Morgan fingerprint density at radius 1 is 1.42 bits per heavy atom. The minimum absolute atomic E-state index is 0.0637. The summed E-state index contributed by atoms with van der Waals surface area (Å²) in [4.78, 5) is 11.4. The molecule has 66 valence electrons. The topological polar surface area (TPSA) is 41.1 Å². The zero-order chi connectivity index (χ0) is 9.35. The summed E-state index contributed by atoms with van der Waals surface area (Å²) in [6, 6.07) is 0. The van der Waals surface area contributed by atoms with Crippen molar-refractivity contribution in [1.82, 2.24) is 10.6 Å². The molecule has 0 fully saturated rings. The Balaban J connectivity index is 2.92. The number of rotatable bonds is 0. The Kier molecular flexibility index (Phi) is 1.96. The number of nitrogens with one attached hydrogen (secondary N) is 2. The summed E-state index contributed by atoms with van der Waals surface area (Å²) in [6.07, 6.45) is 1.71. The summed E-state index contributed by atoms with van der Waals surface area (Å²) >= 11 is 0. The van der Waals surface area contributed by atoms with E-state index in [1.807, 2.05) is 20.8 Å². The highest BCUT2D eigenvalue weighted by molar-refractivity contribution is 5.96. The number of amides is 1. The number of hydrogen-bond donors (Lipinski definition) is 2. The maximum absolute atomic E-state index is 11.4. The van der Waals surface area contributed by atoms with Gasteiger partial charge in [0.05, 0.1) is 0 Å². The molecule has 0 saturated heterocycles. The van der Waals surface area contributed by atoms with Crippen molar-refractivity contribution in [3.05, 3.63) is 24.2 Å². The molecule has 3 nitrogen and oxygen atoms in total. The van der Waals surface area contributed by atoms with Crippen LogP contribution in [0.15, 0.2) is 24.2 Å². The van der Waals surface area contributed by atoms with Gasteiger partial charge in [0.15, 0.2) is 0 Å². The molecular formula is C9H14N2O. The van der Waals surface area contributed by atoms with E-state index in [0.29, 0.717) is 5.82 Å². The molecule has 0 aromatic heterocycles. The van der Waals surface area contributed by atoms with Crippen molar-refractivity contribution < 1.29 is 4.79 Å². The van der Waals surface area contributed by atoms with E-state index in [1.165, 1.54) is 0 Å². The van der Waals surface area contributed by atoms with Gasteiger partial charge >= 0.3 is 0 Å². The molecule has 0 unspecified atom stereocenters. The van der Waals surface area contributed by atoms with Gasteiger partial charge in [0.2, 0.25) is 0 Å². The largest absolute Gasteiger partial charge is 0.348 e. The molecule has 1 heterocycles. The maximum atomic E-state index is 11.4. The van der Waals surface area contributed by atoms with Crippen molar-refractivity contribution in [2.24, 2.45) is 5.41 Å². The lowest BCUT2D eigenvalue weighted by molar-refractivity contribution is -0.118. The Bertz CT molecular complexity index is 258. The van der Waals surface area contributed by atoms with Crippen molar-refractivity contribution >= 4 is 5.91 Å². The van der Waals surface area contributed by atoms with Crippen molar-refractivity contribution in [1.29, 1.82) is 0 Å². The first-order valence-electron chi connectivity index (χ1n) is 3.89. The monoisotopic (exact) mass is 166 g/mol. The summed E-state index contributed by atoms with van der Waals surface area (Å²) in [5.74, 6) is 0.472. The third-order valence-corrected chi connectivity index (χ3v) is 1.71. The van der Waals surface area contributed by atoms with Crippen LogP contribution in [-0.2, 0) is 4.79 Å². The van der Waals surface area contributed by atoms with E-state index in [-0.39, 0.29) is 11.3 Å². The molecule has 2 N–H and O–H groups in total. The highest BCUT2D eigenvalue weighted by atomic mass is 16.2. The lowest BCUT2D eigenvalue weighted by Gasteiger charge is -2.26. The number of carbonyl (C=O) groups excluding carboxylic acids is 1. The third kappa shape index (κ3) is 1.67. The van der Waals surface area contributed by atoms with Gasteiger partial charge in [-0.15, -0.1) is 0 Å². The van der Waals surface area contributed by atoms with Crippen molar-refractivity contribution in [3.8, 4) is 0 Å². The van der Waals surface area contributed by atoms with Gasteiger partial charge in [-0.05, 0) is 5.41 Å². The van der Waals surface area contributed by atoms with Gasteiger partial charge in [0.25, 0.3) is 5.91 Å². The van der Waals surface area contributed by atoms with E-state index < -0.39 is 0 Å². The second-order valence-corrected chi connectivity index (χ2v) is 3.89. The quantitative estimate of drug-likeness (QED) is 0.566. The molecule has 3 heteroatoms. The van der Waals surface area contributed by atoms with Crippen molar-refractivity contribution in [2.45, 2.75) is 20.8 Å². The van der Waals surface area contributed by atoms with E-state index in [9.17, 15) is 4.79 Å². The van der Waals surface area contributed by atoms with Crippen molar-refractivity contribution in [3.63, 3.8) is 0 Å². The fraction of sp³-hybridized carbons (Fsp3) is 0.444. The molecule has 0 spiro atoms. The average molecular weight is 166 g/mol. The molecule has 12 heavy (non-hydrogen) atoms. The van der Waals surface area contributed by atoms with Gasteiger partial charge in [-0.2, -0.15) is 0 Å². The van der Waals surface area contributed by atoms with E-state index >= 15 is 0 Å². The second-order valence-electron chi connectivity index (χ2n) is 3.89. The van der Waals surface area contributed by atoms with Crippen LogP contribution in [-0.4, -0.2) is 5.91 Å². The standard InChI is InChI=1S/C9H14N2O/c1-6-10-5-7(8(12)11-6)9(2,3)4/h5,10H,1H2,2-4H3,(H,11,12). The van der Waals surface area contributed by atoms with Crippen LogP contribution in [0.3, 0.4) is 0 Å². The Labute approximate surface area is 72.5 Å². The zero-order valence-corrected chi connectivity index (χ0v) is 7.69. The van der Waals surface area contributed by atoms with Crippen LogP contribution in [0.1, 0.15) is 20.8 Å². The van der Waals surface area contributed by atoms with Gasteiger partial charge in [-0.1, -0.05) is 27.4 Å². The molecule has 1 rings (SSSR count). The molecule has 1 amide bonds. The first-order chi connectivity index (χ1) is 5.41. The van der Waals surface area contributed by atoms with E-state index in [4.69, 9.17) is 0 Å². The lowest BCUT2D eigenvalue weighted by Crippen LogP contribution is -2.38. The molecule has 0 radical (unpaired) electrons. The minimum Gasteiger partial charge on any atom is -0.348 e. The molecule has 0 aromatic rings. The summed E-state index contributed by atoms with van der Waals surface area (Å²) in [5, 5.41) is 5.50. The summed E-state index contributed by atoms with van der Waals surface area (Å²) in [6.45, 7) is 9.58. The van der Waals surface area contributed by atoms with E-state index in [2.05, 4.69) is 17.2 Å². The molecule has 0 saturated carbocycles. The van der Waals surface area contributed by atoms with E-state index in [0.717, 1.165) is 5.57 Å². The van der Waals surface area contributed by atoms with Crippen LogP contribution in [0, 0.1) is 5.41 Å². The van der Waals surface area contributed by atoms with E-state index in [1.54, 1.807) is 6.20 Å². The normalized spacial score (nSPS) is 18.1. The maximum Gasteiger partial charge on any atom is 0.254 e. The van der Waals surface area contributed by atoms with Crippen LogP contribution in [0.5, 0.6) is 0 Å². The molecule has 0 atom stereocenters. The Morgan fingerprint density at radius 3 is 2.42 bits per heavy atom. The van der Waals surface area contributed by atoms with Gasteiger partial charge < -0.3 is 10.6 Å². The minimum atomic E-state index is -0.127. The van der Waals surface area contributed by atoms with Crippen LogP contribution >= 0.6 is 0 Å². The smallest absolute Gasteiger partial charge is 0.254 e. The van der Waals surface area contributed by atoms with Gasteiger partial charge in [-0.25, -0.2) is 0 Å². The Morgan fingerprint density at radius 2 is 2.00 bits per heavy atom. The fourth-order valence-electron chi connectivity index (χ4n) is 1.02. The van der Waals surface area contributed by atoms with Crippen LogP contribution in [0.25, 0.3) is 0 Å². The number of carbonyl (C=O) groups is 1. The zero-order valence-electron chi connectivity index (χ0n) is 7.69. The fourth-order valence-corrected chi connectivity index (χ4v) is 1.02. The molecule has 0 aliphatic carbocycles. The molecule has 0 aromatic carbocycles. The van der Waals surface area contributed by atoms with Gasteiger partial charge in [-0.3, -0.25) is 4.79 Å². The van der Waals surface area contributed by atoms with Gasteiger partial charge in [0, 0.05) is 11.8 Å². The highest BCUT2D eigenvalue weighted by Crippen LogP contribution is 2.25. The third-order valence-electron chi connectivity index (χ3n) is 1.71. The predicted molar refractivity (Wildman–Crippen MR) is 48.0 cm³/mol. The highest BCUT2D eigenvalue weighted by Gasteiger charge is 2.26. The summed E-state index contributed by atoms with van der Waals surface area (Å²) in [7, 11) is 0. The van der Waals surface area contributed by atoms with Crippen LogP contribution in [0.2, 0.25) is 0 Å². The predicted octanol–water partition coefficient (Wildman–Crippen LogP) is 1.11. The molecule has 1 aliphatic rings. The second kappa shape index (κ2) is 2.66. The summed E-state index contributed by atoms with van der Waals surface area (Å²) in [5.41, 5.74) is 0.618. The molecular weight excluding hydrogens is 152 g/mol. The first kappa shape index (κ1) is 8.84. The molecule has 1 aliphatic heterocycles. The summed E-state index contributed by atoms with van der Waals surface area (Å²) < 4.78 is 0. The molecule has 0 bridgehead atoms. The lowest BCUT2D eigenvalue weighted by atomic mass is 9.86. The van der Waals surface area contributed by atoms with Crippen molar-refractivity contribution in [2.75, 3.05) is 0 Å². The SMILES string of the molecule is C=C1NC=C(C(C)(C)C)C(=O)N1. The van der Waals surface area contributed by atoms with Crippen LogP contribution < -0.4 is 10.6 Å². The Hall–Kier alpha value is -1.25.